The van der Waals surface area contributed by atoms with Crippen LogP contribution in [-0.2, 0) is 5.60 Å². The molecule has 0 aliphatic heterocycles. The van der Waals surface area contributed by atoms with Crippen molar-refractivity contribution in [1.82, 2.24) is 19.1 Å². The average molecular weight is 434 g/mol. The number of benzene rings is 2. The van der Waals surface area contributed by atoms with Gasteiger partial charge in [0.15, 0.2) is 24.0 Å². The maximum absolute atomic E-state index is 15.3. The zero-order valence-corrected chi connectivity index (χ0v) is 16.0. The van der Waals surface area contributed by atoms with Gasteiger partial charge in [0.25, 0.3) is 0 Å². The fourth-order valence-electron chi connectivity index (χ4n) is 3.68. The van der Waals surface area contributed by atoms with E-state index in [0.717, 1.165) is 16.5 Å². The van der Waals surface area contributed by atoms with Crippen LogP contribution in [0.3, 0.4) is 0 Å². The molecule has 1 fully saturated rings. The van der Waals surface area contributed by atoms with Crippen LogP contribution >= 0.6 is 12.3 Å². The molecule has 2 N–H and O–H groups in total. The molecule has 5 rings (SSSR count). The molecule has 0 bridgehead atoms. The summed E-state index contributed by atoms with van der Waals surface area (Å²) in [7, 11) is 0. The molecule has 2 aromatic carbocycles. The van der Waals surface area contributed by atoms with Crippen LogP contribution in [0.4, 0.5) is 12.7 Å². The van der Waals surface area contributed by atoms with Crippen molar-refractivity contribution in [3.05, 3.63) is 58.1 Å². The van der Waals surface area contributed by atoms with Gasteiger partial charge >= 0.3 is 5.76 Å². The van der Waals surface area contributed by atoms with Crippen LogP contribution in [0.1, 0.15) is 24.8 Å². The number of rotatable bonds is 4. The molecule has 1 saturated carbocycles. The molecule has 1 aliphatic carbocycles. The Morgan fingerprint density at radius 2 is 1.97 bits per heavy atom. The van der Waals surface area contributed by atoms with E-state index in [1.807, 2.05) is 0 Å². The van der Waals surface area contributed by atoms with Gasteiger partial charge in [-0.25, -0.2) is 22.5 Å². The molecule has 1 aliphatic rings. The van der Waals surface area contributed by atoms with Gasteiger partial charge in [-0.1, -0.05) is 29.4 Å². The highest BCUT2D eigenvalue weighted by molar-refractivity contribution is 7.93. The molecule has 0 amide bonds. The number of hydrogen-bond acceptors (Lipinski definition) is 6. The topological polar surface area (TPSA) is 96.9 Å². The largest absolute Gasteiger partial charge is 0.439 e. The van der Waals surface area contributed by atoms with Gasteiger partial charge in [-0.3, -0.25) is 9.51 Å². The highest BCUT2D eigenvalue weighted by atomic mass is 32.2. The molecular formula is C19H13F3N4O3S. The lowest BCUT2D eigenvalue weighted by Gasteiger charge is -2.37. The first-order chi connectivity index (χ1) is 14.4. The number of aromatic amines is 1. The highest BCUT2D eigenvalue weighted by Gasteiger charge is 2.36. The van der Waals surface area contributed by atoms with Crippen LogP contribution in [0.15, 0.2) is 39.6 Å². The van der Waals surface area contributed by atoms with Crippen LogP contribution in [0, 0.1) is 11.6 Å². The quantitative estimate of drug-likeness (QED) is 0.503. The summed E-state index contributed by atoms with van der Waals surface area (Å²) < 4.78 is 48.8. The van der Waals surface area contributed by atoms with E-state index in [-0.39, 0.29) is 46.1 Å². The minimum Gasteiger partial charge on any atom is -0.385 e. The summed E-state index contributed by atoms with van der Waals surface area (Å²) in [5.41, 5.74) is -0.742. The lowest BCUT2D eigenvalue weighted by molar-refractivity contribution is -0.0387. The number of halogens is 3. The normalized spacial score (nSPS) is 15.5. The fraction of sp³-hybridized carbons (Fsp3) is 0.211. The van der Waals surface area contributed by atoms with Gasteiger partial charge in [0.1, 0.15) is 11.3 Å². The van der Waals surface area contributed by atoms with Gasteiger partial charge in [-0.15, -0.1) is 3.89 Å². The van der Waals surface area contributed by atoms with Crippen LogP contribution in [0.2, 0.25) is 0 Å². The first kappa shape index (κ1) is 18.9. The predicted octanol–water partition coefficient (Wildman–Crippen LogP) is 4.08. The number of fused-ring (bicyclic) bond motifs is 1. The van der Waals surface area contributed by atoms with E-state index in [1.165, 1.54) is 12.1 Å². The van der Waals surface area contributed by atoms with Gasteiger partial charge in [-0.05, 0) is 30.4 Å². The lowest BCUT2D eigenvalue weighted by atomic mass is 9.75. The number of H-pyrrole nitrogens is 1. The average Bonchev–Trinajstić information content (AvgIpc) is 3.30. The highest BCUT2D eigenvalue weighted by Crippen LogP contribution is 2.42. The zero-order valence-electron chi connectivity index (χ0n) is 15.2. The molecule has 0 unspecified atom stereocenters. The van der Waals surface area contributed by atoms with Gasteiger partial charge < -0.3 is 5.11 Å². The Morgan fingerprint density at radius 1 is 1.23 bits per heavy atom. The van der Waals surface area contributed by atoms with Gasteiger partial charge in [0.2, 0.25) is 5.82 Å². The molecule has 4 aromatic rings. The zero-order chi connectivity index (χ0) is 21.0. The minimum absolute atomic E-state index is 0.166. The molecule has 0 atom stereocenters. The van der Waals surface area contributed by atoms with Crippen molar-refractivity contribution in [2.45, 2.75) is 24.9 Å². The van der Waals surface area contributed by atoms with E-state index in [4.69, 9.17) is 0 Å². The molecule has 2 heterocycles. The Kier molecular flexibility index (Phi) is 4.26. The maximum Gasteiger partial charge on any atom is 0.439 e. The van der Waals surface area contributed by atoms with E-state index in [9.17, 15) is 18.2 Å². The molecule has 0 radical (unpaired) electrons. The summed E-state index contributed by atoms with van der Waals surface area (Å²) >= 11 is -0.342. The molecular weight excluding hydrogens is 421 g/mol. The monoisotopic (exact) mass is 434 g/mol. The minimum atomic E-state index is -0.986. The first-order valence-electron chi connectivity index (χ1n) is 9.00. The third-order valence-electron chi connectivity index (χ3n) is 5.41. The third-order valence-corrected chi connectivity index (χ3v) is 5.92. The molecule has 0 saturated heterocycles. The van der Waals surface area contributed by atoms with Crippen molar-refractivity contribution in [3.63, 3.8) is 0 Å². The van der Waals surface area contributed by atoms with E-state index >= 15 is 4.39 Å². The molecule has 30 heavy (non-hydrogen) atoms. The Hall–Kier alpha value is -3.05. The summed E-state index contributed by atoms with van der Waals surface area (Å²) in [4.78, 5) is 17.4. The molecule has 7 nitrogen and oxygen atoms in total. The number of imidazole rings is 1. The van der Waals surface area contributed by atoms with Crippen LogP contribution in [0.25, 0.3) is 33.8 Å². The van der Waals surface area contributed by atoms with Crippen molar-refractivity contribution < 1.29 is 22.3 Å². The molecule has 11 heteroatoms. The molecule has 0 spiro atoms. The molecule has 2 aromatic heterocycles. The smallest absolute Gasteiger partial charge is 0.385 e. The summed E-state index contributed by atoms with van der Waals surface area (Å²) in [6, 6.07) is 7.28. The number of hydrogen-bond donors (Lipinski definition) is 2. The van der Waals surface area contributed by atoms with E-state index in [1.54, 1.807) is 12.1 Å². The molecule has 154 valence electrons. The predicted molar refractivity (Wildman–Crippen MR) is 103 cm³/mol. The second-order valence-corrected chi connectivity index (χ2v) is 7.62. The maximum atomic E-state index is 15.3. The standard InChI is InChI=1S/C19H13F3N4O3S/c20-11-8-12-15(23-17(26(12)30-22)16-24-18(27)29-25-16)14(21)13(11)9-2-4-10(5-3-9)19(28)6-1-7-19/h2-5,8,28H,1,6-7H2,(H,24,25,27). The van der Waals surface area contributed by atoms with Crippen molar-refractivity contribution >= 4 is 23.4 Å². The number of aliphatic hydroxyl groups is 1. The van der Waals surface area contributed by atoms with Gasteiger partial charge in [0, 0.05) is 6.07 Å². The van der Waals surface area contributed by atoms with Gasteiger partial charge in [0.05, 0.1) is 16.7 Å². The third kappa shape index (κ3) is 2.76. The van der Waals surface area contributed by atoms with Crippen molar-refractivity contribution in [3.8, 4) is 22.8 Å². The Balaban J connectivity index is 1.66. The summed E-state index contributed by atoms with van der Waals surface area (Å²) in [5, 5.41) is 13.8. The summed E-state index contributed by atoms with van der Waals surface area (Å²) in [6.45, 7) is 0. The Bertz CT molecular complexity index is 1330. The van der Waals surface area contributed by atoms with Gasteiger partial charge in [-0.2, -0.15) is 0 Å². The second-order valence-electron chi connectivity index (χ2n) is 7.12. The van der Waals surface area contributed by atoms with E-state index in [0.29, 0.717) is 18.4 Å². The van der Waals surface area contributed by atoms with Crippen molar-refractivity contribution in [2.75, 3.05) is 0 Å². The van der Waals surface area contributed by atoms with E-state index < -0.39 is 23.0 Å². The van der Waals surface area contributed by atoms with Crippen LogP contribution in [0.5, 0.6) is 0 Å². The summed E-state index contributed by atoms with van der Waals surface area (Å²) in [5.74, 6) is -3.25. The van der Waals surface area contributed by atoms with Crippen LogP contribution < -0.4 is 5.76 Å². The van der Waals surface area contributed by atoms with Crippen molar-refractivity contribution in [2.24, 2.45) is 0 Å². The number of nitrogens with one attached hydrogen (secondary N) is 1. The SMILES string of the molecule is O=c1[nH]c(-c2nc3c(F)c(-c4ccc(C5(O)CCC5)cc4)c(F)cc3n2SF)no1. The fourth-order valence-corrected chi connectivity index (χ4v) is 4.09. The van der Waals surface area contributed by atoms with E-state index in [2.05, 4.69) is 19.6 Å². The number of nitrogens with zero attached hydrogens (tertiary/aromatic N) is 3. The van der Waals surface area contributed by atoms with Crippen molar-refractivity contribution in [1.29, 1.82) is 0 Å². The lowest BCUT2D eigenvalue weighted by Crippen LogP contribution is -2.33. The summed E-state index contributed by atoms with van der Waals surface area (Å²) in [6.07, 6.45) is 2.21. The number of aromatic nitrogens is 4. The Labute approximate surface area is 171 Å². The first-order valence-corrected chi connectivity index (χ1v) is 9.68. The van der Waals surface area contributed by atoms with Crippen LogP contribution in [-0.4, -0.2) is 24.2 Å². The second kappa shape index (κ2) is 6.74. The Morgan fingerprint density at radius 3 is 2.53 bits per heavy atom.